The highest BCUT2D eigenvalue weighted by atomic mass is 32.1. The Balaban J connectivity index is 4.48. The molecule has 0 aromatic carbocycles. The van der Waals surface area contributed by atoms with Crippen LogP contribution < -0.4 is 0 Å². The molecule has 5 heteroatoms. The van der Waals surface area contributed by atoms with E-state index in [1.807, 2.05) is 0 Å². The molecule has 0 spiro atoms. The summed E-state index contributed by atoms with van der Waals surface area (Å²) in [5.41, 5.74) is -0.836. The van der Waals surface area contributed by atoms with E-state index in [9.17, 15) is 10.2 Å². The molecule has 148 valence electrons. The molecule has 0 radical (unpaired) electrons. The first-order valence-electron chi connectivity index (χ1n) is 10.1. The van der Waals surface area contributed by atoms with E-state index in [4.69, 9.17) is 29.2 Å². The molecule has 0 heterocycles. The fourth-order valence-electron chi connectivity index (χ4n) is 3.13. The van der Waals surface area contributed by atoms with Crippen LogP contribution in [-0.2, 0) is 4.74 Å². The third-order valence-corrected chi connectivity index (χ3v) is 5.22. The quantitative estimate of drug-likeness (QED) is 0.195. The van der Waals surface area contributed by atoms with Crippen LogP contribution in [0.25, 0.3) is 0 Å². The molecule has 0 bridgehead atoms. The zero-order valence-electron chi connectivity index (χ0n) is 16.2. The van der Waals surface area contributed by atoms with E-state index >= 15 is 0 Å². The fourth-order valence-corrected chi connectivity index (χ4v) is 3.45. The third kappa shape index (κ3) is 12.7. The summed E-state index contributed by atoms with van der Waals surface area (Å²) in [7, 11) is 0. The van der Waals surface area contributed by atoms with Gasteiger partial charge < -0.3 is 14.9 Å². The standard InChI is InChI=1S/C20H38O3S2/c1-3-5-7-9-11-13-15-20(19(22)25,23-17-18(21)24)16-14-12-10-8-6-4-2/h3-17H2,1-2H3,(H,21,24)(H,22,25). The lowest BCUT2D eigenvalue weighted by atomic mass is 9.89. The molecule has 0 amide bonds. The summed E-state index contributed by atoms with van der Waals surface area (Å²) in [4.78, 5) is 0. The molecule has 25 heavy (non-hydrogen) atoms. The number of hydrogen-bond acceptors (Lipinski definition) is 3. The lowest BCUT2D eigenvalue weighted by Crippen LogP contribution is -2.42. The minimum atomic E-state index is -0.836. The van der Waals surface area contributed by atoms with Crippen molar-refractivity contribution in [2.45, 2.75) is 109 Å². The van der Waals surface area contributed by atoms with Gasteiger partial charge in [-0.05, 0) is 37.3 Å². The number of thiocarbonyl (C=S) groups is 2. The highest BCUT2D eigenvalue weighted by Gasteiger charge is 2.35. The van der Waals surface area contributed by atoms with Crippen LogP contribution in [0.3, 0.4) is 0 Å². The van der Waals surface area contributed by atoms with Crippen molar-refractivity contribution in [2.75, 3.05) is 6.61 Å². The highest BCUT2D eigenvalue weighted by Crippen LogP contribution is 2.29. The second-order valence-corrected chi connectivity index (χ2v) is 7.88. The highest BCUT2D eigenvalue weighted by molar-refractivity contribution is 7.80. The molecule has 0 aromatic heterocycles. The molecular formula is C20H38O3S2. The Morgan fingerprint density at radius 1 is 0.720 bits per heavy atom. The van der Waals surface area contributed by atoms with Crippen molar-refractivity contribution in [1.29, 1.82) is 0 Å². The fraction of sp³-hybridized carbons (Fsp3) is 0.900. The van der Waals surface area contributed by atoms with Crippen molar-refractivity contribution in [2.24, 2.45) is 0 Å². The van der Waals surface area contributed by atoms with Crippen molar-refractivity contribution in [3.63, 3.8) is 0 Å². The maximum absolute atomic E-state index is 10.1. The SMILES string of the molecule is CCCCCCCCC(CCCCCCCC)(OCC(O)=S)C(O)=S. The molecule has 0 fully saturated rings. The topological polar surface area (TPSA) is 49.7 Å². The normalized spacial score (nSPS) is 11.6. The van der Waals surface area contributed by atoms with Crippen LogP contribution in [0.5, 0.6) is 0 Å². The maximum Gasteiger partial charge on any atom is 0.189 e. The molecule has 2 N–H and O–H groups in total. The van der Waals surface area contributed by atoms with Crippen molar-refractivity contribution < 1.29 is 14.9 Å². The molecule has 0 aliphatic rings. The van der Waals surface area contributed by atoms with Gasteiger partial charge in [-0.2, -0.15) is 0 Å². The predicted octanol–water partition coefficient (Wildman–Crippen LogP) is 7.01. The maximum atomic E-state index is 10.1. The molecule has 3 nitrogen and oxygen atoms in total. The van der Waals surface area contributed by atoms with Crippen molar-refractivity contribution >= 4 is 34.5 Å². The molecule has 0 rings (SSSR count). The average Bonchev–Trinajstić information content (AvgIpc) is 2.57. The molecule has 0 atom stereocenters. The van der Waals surface area contributed by atoms with Crippen molar-refractivity contribution in [3.8, 4) is 0 Å². The van der Waals surface area contributed by atoms with Gasteiger partial charge >= 0.3 is 0 Å². The molecular weight excluding hydrogens is 352 g/mol. The van der Waals surface area contributed by atoms with Gasteiger partial charge in [0.25, 0.3) is 0 Å². The Kier molecular flexibility index (Phi) is 15.8. The van der Waals surface area contributed by atoms with Gasteiger partial charge in [0, 0.05) is 0 Å². The lowest BCUT2D eigenvalue weighted by molar-refractivity contribution is 0.000830. The Morgan fingerprint density at radius 2 is 1.12 bits per heavy atom. The zero-order chi connectivity index (χ0) is 19.0. The number of aliphatic hydroxyl groups is 2. The molecule has 0 saturated carbocycles. The summed E-state index contributed by atoms with van der Waals surface area (Å²) < 4.78 is 5.83. The summed E-state index contributed by atoms with van der Waals surface area (Å²) in [5, 5.41) is 19.2. The Labute approximate surface area is 165 Å². The summed E-state index contributed by atoms with van der Waals surface area (Å²) in [6.07, 6.45) is 15.5. The van der Waals surface area contributed by atoms with E-state index in [2.05, 4.69) is 13.8 Å². The van der Waals surface area contributed by atoms with E-state index in [1.54, 1.807) is 0 Å². The molecule has 0 unspecified atom stereocenters. The number of aliphatic hydroxyl groups excluding tert-OH is 2. The van der Waals surface area contributed by atoms with Gasteiger partial charge in [0.1, 0.15) is 12.2 Å². The van der Waals surface area contributed by atoms with Crippen LogP contribution in [0.4, 0.5) is 0 Å². The summed E-state index contributed by atoms with van der Waals surface area (Å²) in [5.74, 6) is 0. The van der Waals surface area contributed by atoms with E-state index in [0.29, 0.717) is 12.8 Å². The number of rotatable bonds is 18. The number of hydrogen-bond donors (Lipinski definition) is 2. The van der Waals surface area contributed by atoms with E-state index in [0.717, 1.165) is 25.7 Å². The Hall–Kier alpha value is -0.260. The minimum absolute atomic E-state index is 0.0400. The van der Waals surface area contributed by atoms with Crippen LogP contribution in [0, 0.1) is 0 Å². The van der Waals surface area contributed by atoms with Gasteiger partial charge in [-0.1, -0.05) is 90.9 Å². The molecule has 0 aromatic rings. The van der Waals surface area contributed by atoms with Gasteiger partial charge in [-0.3, -0.25) is 0 Å². The Morgan fingerprint density at radius 3 is 1.48 bits per heavy atom. The van der Waals surface area contributed by atoms with Gasteiger partial charge in [0.2, 0.25) is 0 Å². The average molecular weight is 391 g/mol. The van der Waals surface area contributed by atoms with Gasteiger partial charge in [0.15, 0.2) is 10.1 Å². The van der Waals surface area contributed by atoms with E-state index in [1.165, 1.54) is 51.4 Å². The van der Waals surface area contributed by atoms with Crippen molar-refractivity contribution in [1.82, 2.24) is 0 Å². The Bertz CT molecular complexity index is 343. The second kappa shape index (κ2) is 16.0. The van der Waals surface area contributed by atoms with Crippen LogP contribution in [0.15, 0.2) is 0 Å². The van der Waals surface area contributed by atoms with Crippen LogP contribution in [0.2, 0.25) is 0 Å². The first-order valence-corrected chi connectivity index (χ1v) is 10.9. The predicted molar refractivity (Wildman–Crippen MR) is 115 cm³/mol. The largest absolute Gasteiger partial charge is 0.500 e. The number of ether oxygens (including phenoxy) is 1. The minimum Gasteiger partial charge on any atom is -0.500 e. The number of unbranched alkanes of at least 4 members (excludes halogenated alkanes) is 10. The van der Waals surface area contributed by atoms with Crippen LogP contribution in [0.1, 0.15) is 104 Å². The van der Waals surface area contributed by atoms with Crippen LogP contribution >= 0.6 is 24.4 Å². The van der Waals surface area contributed by atoms with Crippen LogP contribution in [-0.4, -0.2) is 32.5 Å². The summed E-state index contributed by atoms with van der Waals surface area (Å²) >= 11 is 9.85. The van der Waals surface area contributed by atoms with Crippen molar-refractivity contribution in [3.05, 3.63) is 0 Å². The smallest absolute Gasteiger partial charge is 0.189 e. The summed E-state index contributed by atoms with van der Waals surface area (Å²) in [6.45, 7) is 4.38. The van der Waals surface area contributed by atoms with Gasteiger partial charge in [-0.15, -0.1) is 0 Å². The van der Waals surface area contributed by atoms with Gasteiger partial charge in [0.05, 0.1) is 0 Å². The first kappa shape index (κ1) is 24.7. The molecule has 0 aliphatic heterocycles. The second-order valence-electron chi connectivity index (χ2n) is 7.02. The summed E-state index contributed by atoms with van der Waals surface area (Å²) in [6, 6.07) is 0. The van der Waals surface area contributed by atoms with E-state index in [-0.39, 0.29) is 16.7 Å². The first-order chi connectivity index (χ1) is 12.0. The zero-order valence-corrected chi connectivity index (χ0v) is 17.9. The molecule has 0 aliphatic carbocycles. The monoisotopic (exact) mass is 390 g/mol. The lowest BCUT2D eigenvalue weighted by Gasteiger charge is -2.32. The third-order valence-electron chi connectivity index (χ3n) is 4.73. The van der Waals surface area contributed by atoms with E-state index < -0.39 is 5.60 Å². The molecule has 0 saturated heterocycles. The van der Waals surface area contributed by atoms with Gasteiger partial charge in [-0.25, -0.2) is 0 Å².